The van der Waals surface area contributed by atoms with Crippen LogP contribution >= 0.6 is 15.9 Å². The van der Waals surface area contributed by atoms with Gasteiger partial charge in [-0.25, -0.2) is 0 Å². The van der Waals surface area contributed by atoms with Gasteiger partial charge in [-0.05, 0) is 24.6 Å². The van der Waals surface area contributed by atoms with E-state index in [1.54, 1.807) is 6.07 Å². The minimum Gasteiger partial charge on any atom is -0.357 e. The molecule has 0 bridgehead atoms. The molecule has 1 aromatic rings. The molecule has 18 heavy (non-hydrogen) atoms. The molecule has 1 N–H and O–H groups in total. The Bertz CT molecular complexity index is 509. The summed E-state index contributed by atoms with van der Waals surface area (Å²) in [4.78, 5) is 13.8. The van der Waals surface area contributed by atoms with Crippen molar-refractivity contribution in [1.82, 2.24) is 5.32 Å². The number of nitrogens with zero attached hydrogens (tertiary/aromatic N) is 2. The SMILES string of the molecule is CCC1C(=O)NCCN1c1ccc(Br)cc1C#N. The van der Waals surface area contributed by atoms with E-state index in [1.807, 2.05) is 24.0 Å². The van der Waals surface area contributed by atoms with Gasteiger partial charge in [-0.3, -0.25) is 4.79 Å². The summed E-state index contributed by atoms with van der Waals surface area (Å²) in [6.07, 6.45) is 0.729. The molecule has 4 nitrogen and oxygen atoms in total. The first kappa shape index (κ1) is 12.9. The quantitative estimate of drug-likeness (QED) is 0.909. The molecule has 0 saturated carbocycles. The van der Waals surface area contributed by atoms with Crippen molar-refractivity contribution in [2.24, 2.45) is 0 Å². The number of benzene rings is 1. The molecule has 1 unspecified atom stereocenters. The van der Waals surface area contributed by atoms with Crippen molar-refractivity contribution in [2.75, 3.05) is 18.0 Å². The van der Waals surface area contributed by atoms with Crippen molar-refractivity contribution >= 4 is 27.5 Å². The largest absolute Gasteiger partial charge is 0.357 e. The van der Waals surface area contributed by atoms with E-state index in [9.17, 15) is 10.1 Å². The van der Waals surface area contributed by atoms with E-state index in [0.717, 1.165) is 23.1 Å². The van der Waals surface area contributed by atoms with Crippen LogP contribution in [-0.2, 0) is 4.79 Å². The second-order valence-corrected chi connectivity index (χ2v) is 5.10. The van der Waals surface area contributed by atoms with Gasteiger partial charge in [0, 0.05) is 17.6 Å². The Labute approximate surface area is 115 Å². The number of anilines is 1. The van der Waals surface area contributed by atoms with Gasteiger partial charge in [-0.15, -0.1) is 0 Å². The van der Waals surface area contributed by atoms with Crippen molar-refractivity contribution in [3.63, 3.8) is 0 Å². The molecule has 2 rings (SSSR count). The lowest BCUT2D eigenvalue weighted by Crippen LogP contribution is -2.55. The Balaban J connectivity index is 2.41. The second-order valence-electron chi connectivity index (χ2n) is 4.18. The third-order valence-corrected chi connectivity index (χ3v) is 3.60. The summed E-state index contributed by atoms with van der Waals surface area (Å²) in [7, 11) is 0. The van der Waals surface area contributed by atoms with Crippen molar-refractivity contribution in [3.05, 3.63) is 28.2 Å². The maximum absolute atomic E-state index is 11.8. The third kappa shape index (κ3) is 2.34. The van der Waals surface area contributed by atoms with Crippen molar-refractivity contribution in [1.29, 1.82) is 5.26 Å². The molecule has 94 valence electrons. The zero-order valence-corrected chi connectivity index (χ0v) is 11.7. The first-order chi connectivity index (χ1) is 8.67. The Kier molecular flexibility index (Phi) is 3.87. The number of carbonyl (C=O) groups is 1. The fraction of sp³-hybridized carbons (Fsp3) is 0.385. The number of halogens is 1. The topological polar surface area (TPSA) is 56.1 Å². The molecule has 1 amide bonds. The normalized spacial score (nSPS) is 19.3. The molecule has 1 aliphatic heterocycles. The predicted molar refractivity (Wildman–Crippen MR) is 73.3 cm³/mol. The first-order valence-electron chi connectivity index (χ1n) is 5.91. The third-order valence-electron chi connectivity index (χ3n) is 3.11. The molecule has 1 aliphatic rings. The minimum absolute atomic E-state index is 0.0376. The summed E-state index contributed by atoms with van der Waals surface area (Å²) in [5, 5.41) is 12.1. The summed E-state index contributed by atoms with van der Waals surface area (Å²) in [6.45, 7) is 3.34. The number of hydrogen-bond donors (Lipinski definition) is 1. The number of carbonyl (C=O) groups excluding carboxylic acids is 1. The number of piperazine rings is 1. The van der Waals surface area contributed by atoms with Crippen molar-refractivity contribution < 1.29 is 4.79 Å². The second kappa shape index (κ2) is 5.40. The zero-order valence-electron chi connectivity index (χ0n) is 10.1. The molecule has 0 radical (unpaired) electrons. The Morgan fingerprint density at radius 1 is 1.61 bits per heavy atom. The summed E-state index contributed by atoms with van der Waals surface area (Å²) >= 11 is 3.36. The molecule has 1 fully saturated rings. The number of nitrogens with one attached hydrogen (secondary N) is 1. The molecule has 0 aromatic heterocycles. The number of rotatable bonds is 2. The van der Waals surface area contributed by atoms with Gasteiger partial charge in [0.1, 0.15) is 12.1 Å². The summed E-state index contributed by atoms with van der Waals surface area (Å²) in [5.74, 6) is 0.0376. The number of nitriles is 1. The minimum atomic E-state index is -0.188. The van der Waals surface area contributed by atoms with Crippen molar-refractivity contribution in [2.45, 2.75) is 19.4 Å². The molecule has 1 saturated heterocycles. The van der Waals surface area contributed by atoms with Crippen LogP contribution in [0.25, 0.3) is 0 Å². The standard InChI is InChI=1S/C13H14BrN3O/c1-2-11-13(18)16-5-6-17(11)12-4-3-10(14)7-9(12)8-15/h3-4,7,11H,2,5-6H2,1H3,(H,16,18). The van der Waals surface area contributed by atoms with Crippen LogP contribution in [0, 0.1) is 11.3 Å². The highest BCUT2D eigenvalue weighted by Crippen LogP contribution is 2.27. The maximum Gasteiger partial charge on any atom is 0.242 e. The highest BCUT2D eigenvalue weighted by atomic mass is 79.9. The zero-order chi connectivity index (χ0) is 13.1. The maximum atomic E-state index is 11.8. The van der Waals surface area contributed by atoms with Gasteiger partial charge in [0.2, 0.25) is 5.91 Å². The van der Waals surface area contributed by atoms with Crippen LogP contribution in [0.15, 0.2) is 22.7 Å². The fourth-order valence-electron chi connectivity index (χ4n) is 2.26. The average molecular weight is 308 g/mol. The van der Waals surface area contributed by atoms with E-state index < -0.39 is 0 Å². The van der Waals surface area contributed by atoms with Crippen LogP contribution in [0.3, 0.4) is 0 Å². The van der Waals surface area contributed by atoms with E-state index in [0.29, 0.717) is 12.1 Å². The lowest BCUT2D eigenvalue weighted by molar-refractivity contribution is -0.123. The van der Waals surface area contributed by atoms with E-state index in [1.165, 1.54) is 0 Å². The summed E-state index contributed by atoms with van der Waals surface area (Å²) < 4.78 is 0.873. The van der Waals surface area contributed by atoms with Crippen LogP contribution in [0.5, 0.6) is 0 Å². The summed E-state index contributed by atoms with van der Waals surface area (Å²) in [6, 6.07) is 7.58. The van der Waals surface area contributed by atoms with E-state index in [-0.39, 0.29) is 11.9 Å². The molecule has 0 aliphatic carbocycles. The molecule has 1 atom stereocenters. The van der Waals surface area contributed by atoms with E-state index in [2.05, 4.69) is 27.3 Å². The Morgan fingerprint density at radius 2 is 2.39 bits per heavy atom. The molecule has 1 heterocycles. The van der Waals surface area contributed by atoms with Gasteiger partial charge in [-0.2, -0.15) is 5.26 Å². The van der Waals surface area contributed by atoms with Crippen molar-refractivity contribution in [3.8, 4) is 6.07 Å². The number of hydrogen-bond acceptors (Lipinski definition) is 3. The molecule has 0 spiro atoms. The molecule has 5 heteroatoms. The van der Waals surface area contributed by atoms with E-state index in [4.69, 9.17) is 0 Å². The van der Waals surface area contributed by atoms with Crippen LogP contribution in [-0.4, -0.2) is 25.0 Å². The van der Waals surface area contributed by atoms with Crippen LogP contribution in [0.1, 0.15) is 18.9 Å². The summed E-state index contributed by atoms with van der Waals surface area (Å²) in [5.41, 5.74) is 1.43. The highest BCUT2D eigenvalue weighted by Gasteiger charge is 2.29. The van der Waals surface area contributed by atoms with Gasteiger partial charge in [0.05, 0.1) is 11.3 Å². The molecule has 1 aromatic carbocycles. The van der Waals surface area contributed by atoms with Gasteiger partial charge in [0.15, 0.2) is 0 Å². The first-order valence-corrected chi connectivity index (χ1v) is 6.70. The lowest BCUT2D eigenvalue weighted by atomic mass is 10.1. The predicted octanol–water partition coefficient (Wildman–Crippen LogP) is 2.04. The van der Waals surface area contributed by atoms with Crippen LogP contribution < -0.4 is 10.2 Å². The Morgan fingerprint density at radius 3 is 3.06 bits per heavy atom. The molecular weight excluding hydrogens is 294 g/mol. The Hall–Kier alpha value is -1.54. The van der Waals surface area contributed by atoms with Crippen LogP contribution in [0.4, 0.5) is 5.69 Å². The monoisotopic (exact) mass is 307 g/mol. The fourth-order valence-corrected chi connectivity index (χ4v) is 2.62. The lowest BCUT2D eigenvalue weighted by Gasteiger charge is -2.36. The number of amides is 1. The van der Waals surface area contributed by atoms with E-state index >= 15 is 0 Å². The molecular formula is C13H14BrN3O. The average Bonchev–Trinajstić information content (AvgIpc) is 2.38. The van der Waals surface area contributed by atoms with Crippen LogP contribution in [0.2, 0.25) is 0 Å². The highest BCUT2D eigenvalue weighted by molar-refractivity contribution is 9.10. The van der Waals surface area contributed by atoms with Gasteiger partial charge in [0.25, 0.3) is 0 Å². The van der Waals surface area contributed by atoms with Gasteiger partial charge < -0.3 is 10.2 Å². The smallest absolute Gasteiger partial charge is 0.242 e. The van der Waals surface area contributed by atoms with Gasteiger partial charge >= 0.3 is 0 Å². The van der Waals surface area contributed by atoms with Gasteiger partial charge in [-0.1, -0.05) is 22.9 Å².